The molecule has 0 aliphatic rings. The number of anilines is 2. The van der Waals surface area contributed by atoms with Gasteiger partial charge in [0.05, 0.1) is 82.8 Å². The summed E-state index contributed by atoms with van der Waals surface area (Å²) in [6, 6.07) is 42.4. The van der Waals surface area contributed by atoms with Crippen LogP contribution in [-0.4, -0.2) is 183 Å². The Labute approximate surface area is 516 Å². The molecular formula is C60H70BrN11O12S3. The molecule has 0 radical (unpaired) electrons. The topological polar surface area (TPSA) is 295 Å². The minimum atomic E-state index is -3.57. The molecule has 0 aliphatic heterocycles. The highest BCUT2D eigenvalue weighted by atomic mass is 79.9. The summed E-state index contributed by atoms with van der Waals surface area (Å²) in [5.74, 6) is -1.65. The fourth-order valence-electron chi connectivity index (χ4n) is 7.26. The Balaban J connectivity index is 0.000000251. The van der Waals surface area contributed by atoms with Crippen molar-refractivity contribution in [3.8, 4) is 33.8 Å². The van der Waals surface area contributed by atoms with Gasteiger partial charge in [0.1, 0.15) is 21.7 Å². The van der Waals surface area contributed by atoms with E-state index in [0.717, 1.165) is 62.8 Å². The van der Waals surface area contributed by atoms with Gasteiger partial charge in [-0.15, -0.1) is 0 Å². The first-order valence-electron chi connectivity index (χ1n) is 25.7. The van der Waals surface area contributed by atoms with Gasteiger partial charge in [0, 0.05) is 43.9 Å². The summed E-state index contributed by atoms with van der Waals surface area (Å²) in [4.78, 5) is 65.9. The molecule has 462 valence electrons. The number of hydrogen-bond acceptors (Lipinski definition) is 19. The minimum absolute atomic E-state index is 0. The number of carboxylic acid groups (broad SMARTS) is 1. The Kier molecular flexibility index (Phi) is 26.0. The number of carbonyl (C=O) groups excluding carboxylic acids is 2. The van der Waals surface area contributed by atoms with Gasteiger partial charge in [-0.2, -0.15) is 0 Å². The van der Waals surface area contributed by atoms with Gasteiger partial charge in [-0.3, -0.25) is 8.61 Å². The van der Waals surface area contributed by atoms with Crippen LogP contribution in [0.15, 0.2) is 150 Å². The fourth-order valence-corrected chi connectivity index (χ4v) is 8.65. The van der Waals surface area contributed by atoms with E-state index in [1.807, 2.05) is 78.9 Å². The molecule has 23 nitrogen and oxygen atoms in total. The number of carbonyl (C=O) groups is 3. The first kappa shape index (κ1) is 71.0. The first-order valence-corrected chi connectivity index (χ1v) is 32.1. The van der Waals surface area contributed by atoms with Crippen molar-refractivity contribution < 1.29 is 54.2 Å². The number of aromatic carboxylic acids is 1. The lowest BCUT2D eigenvalue weighted by Crippen LogP contribution is -2.26. The summed E-state index contributed by atoms with van der Waals surface area (Å²) in [6.07, 6.45) is 3.27. The van der Waals surface area contributed by atoms with Crippen LogP contribution in [0.5, 0.6) is 0 Å². The molecule has 2 N–H and O–H groups in total. The lowest BCUT2D eigenvalue weighted by atomic mass is 10.1. The minimum Gasteiger partial charge on any atom is -0.478 e. The summed E-state index contributed by atoms with van der Waals surface area (Å²) in [5.41, 5.74) is 7.99. The number of rotatable bonds is 14. The smallest absolute Gasteiger partial charge is 0.337 e. The summed E-state index contributed by atoms with van der Waals surface area (Å²) >= 11 is 3.44. The molecule has 0 aliphatic carbocycles. The number of aromatic nitrogens is 6. The summed E-state index contributed by atoms with van der Waals surface area (Å²) in [6.45, 7) is 2.29. The van der Waals surface area contributed by atoms with E-state index in [2.05, 4.69) is 88.5 Å². The number of nitrogens with zero attached hydrogens (tertiary/aromatic N) is 10. The number of likely N-dealkylation sites (N-methyl/N-ethyl adjacent to an activating group) is 2. The van der Waals surface area contributed by atoms with Crippen molar-refractivity contribution >= 4 is 109 Å². The second kappa shape index (κ2) is 31.8. The van der Waals surface area contributed by atoms with Crippen LogP contribution < -0.4 is 13.3 Å². The van der Waals surface area contributed by atoms with E-state index in [9.17, 15) is 39.6 Å². The van der Waals surface area contributed by atoms with Gasteiger partial charge in [0.2, 0.25) is 30.1 Å². The van der Waals surface area contributed by atoms with Gasteiger partial charge in [-0.05, 0) is 106 Å². The third kappa shape index (κ3) is 20.6. The van der Waals surface area contributed by atoms with Gasteiger partial charge < -0.3 is 24.4 Å². The maximum atomic E-state index is 12.1. The van der Waals surface area contributed by atoms with E-state index < -0.39 is 42.0 Å². The molecule has 3 aromatic heterocycles. The lowest BCUT2D eigenvalue weighted by Gasteiger charge is -2.19. The Morgan fingerprint density at radius 2 is 0.770 bits per heavy atom. The van der Waals surface area contributed by atoms with Gasteiger partial charge in [0.25, 0.3) is 0 Å². The van der Waals surface area contributed by atoms with Crippen LogP contribution in [0.3, 0.4) is 0 Å². The molecule has 27 heteroatoms. The van der Waals surface area contributed by atoms with Gasteiger partial charge in [-0.1, -0.05) is 98.4 Å². The number of esters is 2. The molecule has 0 spiro atoms. The highest BCUT2D eigenvalue weighted by Crippen LogP contribution is 2.33. The van der Waals surface area contributed by atoms with Crippen molar-refractivity contribution in [2.75, 3.05) is 104 Å². The normalized spacial score (nSPS) is 11.1. The predicted molar refractivity (Wildman–Crippen MR) is 346 cm³/mol. The van der Waals surface area contributed by atoms with Gasteiger partial charge >= 0.3 is 17.9 Å². The zero-order valence-corrected chi connectivity index (χ0v) is 53.3. The Morgan fingerprint density at radius 3 is 1.07 bits per heavy atom. The molecule has 0 bridgehead atoms. The van der Waals surface area contributed by atoms with E-state index in [0.29, 0.717) is 60.3 Å². The molecule has 6 aromatic carbocycles. The number of fused-ring (bicyclic) bond motifs is 3. The van der Waals surface area contributed by atoms with Crippen molar-refractivity contribution in [2.24, 2.45) is 0 Å². The molecule has 87 heavy (non-hydrogen) atoms. The highest BCUT2D eigenvalue weighted by Gasteiger charge is 2.23. The number of halogens is 1. The quantitative estimate of drug-likeness (QED) is 0.0962. The largest absolute Gasteiger partial charge is 0.478 e. The van der Waals surface area contributed by atoms with Crippen LogP contribution >= 0.6 is 15.9 Å². The van der Waals surface area contributed by atoms with E-state index in [4.69, 9.17) is 14.6 Å². The zero-order chi connectivity index (χ0) is 63.7. The number of methoxy groups -OCH3 is 2. The molecule has 0 atom stereocenters. The van der Waals surface area contributed by atoms with Crippen LogP contribution in [-0.2, 0) is 39.5 Å². The summed E-state index contributed by atoms with van der Waals surface area (Å²) < 4.78 is 82.1. The number of sulfonamides is 3. The van der Waals surface area contributed by atoms with Gasteiger partial charge in [0.15, 0.2) is 11.6 Å². The Hall–Kier alpha value is -8.44. The van der Waals surface area contributed by atoms with E-state index in [1.165, 1.54) is 53.6 Å². The number of ether oxygens (including phenoxy) is 2. The van der Waals surface area contributed by atoms with E-state index >= 15 is 0 Å². The molecule has 0 amide bonds. The molecule has 0 saturated carbocycles. The van der Waals surface area contributed by atoms with Crippen molar-refractivity contribution in [1.82, 2.24) is 44.4 Å². The number of nitrogens with one attached hydrogen (secondary N) is 1. The van der Waals surface area contributed by atoms with Crippen LogP contribution in [0.4, 0.5) is 11.6 Å². The van der Waals surface area contributed by atoms with Crippen LogP contribution in [0.1, 0.15) is 38.5 Å². The van der Waals surface area contributed by atoms with E-state index in [1.54, 1.807) is 48.5 Å². The standard InChI is InChI=1S/C18H17N3O4S.C17H15N3O4S.C16H11BrN2O2.C6H16N2.C2H7NO2S.CH4/c1-21(26(3,23)24)17-16(12-7-5-4-6-8-12)19-14-10-9-13(18(22)25-2)11-15(14)20-17;1-20(25(2,23)24)16-15(11-6-4-3-5-7-11)18-13-9-8-12(17(21)22)10-14(13)19-16;1-21-16(20)11-7-8-12-13(9-11)19-15(17)14(18-12)10-5-3-2-4-6-10;1-7(2)5-6-8(3)4;1-3-6(2,4)5;/h4-11H,1-3H3;3-10H,1-2H3,(H,21,22);2-9H,1H3;5-6H2,1-4H3;3H,1-2H3;1H4. The van der Waals surface area contributed by atoms with Crippen LogP contribution in [0, 0.1) is 0 Å². The van der Waals surface area contributed by atoms with Crippen molar-refractivity contribution in [3.63, 3.8) is 0 Å². The van der Waals surface area contributed by atoms with Crippen molar-refractivity contribution in [2.45, 2.75) is 7.43 Å². The molecular weight excluding hydrogens is 1240 g/mol. The third-order valence-electron chi connectivity index (χ3n) is 12.1. The van der Waals surface area contributed by atoms with E-state index in [-0.39, 0.29) is 30.6 Å². The lowest BCUT2D eigenvalue weighted by molar-refractivity contribution is 0.0592. The van der Waals surface area contributed by atoms with Crippen LogP contribution in [0.2, 0.25) is 0 Å². The highest BCUT2D eigenvalue weighted by molar-refractivity contribution is 9.10. The van der Waals surface area contributed by atoms with Crippen molar-refractivity contribution in [3.05, 3.63) is 167 Å². The summed E-state index contributed by atoms with van der Waals surface area (Å²) in [7, 11) is 5.14. The fraction of sp³-hybridized carbons (Fsp3) is 0.250. The molecule has 0 saturated heterocycles. The molecule has 3 heterocycles. The molecule has 0 unspecified atom stereocenters. The monoisotopic (exact) mass is 1310 g/mol. The average Bonchev–Trinajstić information content (AvgIpc) is 1.00. The number of hydrogen-bond donors (Lipinski definition) is 2. The Bertz CT molecular complexity index is 4190. The average molecular weight is 1310 g/mol. The second-order valence-electron chi connectivity index (χ2n) is 19.2. The maximum absolute atomic E-state index is 12.1. The number of carboxylic acids is 1. The summed E-state index contributed by atoms with van der Waals surface area (Å²) in [5, 5.41) is 9.13. The molecule has 9 aromatic rings. The third-order valence-corrected chi connectivity index (χ3v) is 15.7. The Morgan fingerprint density at radius 1 is 0.471 bits per heavy atom. The number of benzene rings is 6. The molecule has 9 rings (SSSR count). The first-order chi connectivity index (χ1) is 40.5. The zero-order valence-electron chi connectivity index (χ0n) is 49.3. The SMILES string of the molecule is C.CN(C)CCN(C)C.CN(c1nc2cc(C(=O)O)ccc2nc1-c1ccccc1)S(C)(=O)=O.CNS(C)(=O)=O.COC(=O)c1ccc2nc(-c3ccccc3)c(Br)nc2c1.COC(=O)c1ccc2nc(-c3ccccc3)c(N(C)S(C)(=O)=O)nc2c1. The second-order valence-corrected chi connectivity index (χ2v) is 25.9. The van der Waals surface area contributed by atoms with Crippen molar-refractivity contribution in [1.29, 1.82) is 0 Å². The maximum Gasteiger partial charge on any atom is 0.337 e. The van der Waals surface area contributed by atoms with Gasteiger partial charge in [-0.25, -0.2) is 74.3 Å². The van der Waals surface area contributed by atoms with Crippen LogP contribution in [0.25, 0.3) is 66.9 Å². The molecule has 0 fully saturated rings. The predicted octanol–water partition coefficient (Wildman–Crippen LogP) is 8.63.